The number of likely N-dealkylation sites (tertiary alicyclic amines) is 1. The lowest BCUT2D eigenvalue weighted by molar-refractivity contribution is -0.0772. The molecule has 1 saturated heterocycles. The molecule has 1 fully saturated rings. The van der Waals surface area contributed by atoms with E-state index < -0.39 is 12.3 Å². The van der Waals surface area contributed by atoms with Crippen LogP contribution in [0.25, 0.3) is 0 Å². The van der Waals surface area contributed by atoms with E-state index in [1.165, 1.54) is 0 Å². The number of hydrogen-bond acceptors (Lipinski definition) is 6. The summed E-state index contributed by atoms with van der Waals surface area (Å²) in [6.07, 6.45) is 0.369. The summed E-state index contributed by atoms with van der Waals surface area (Å²) >= 11 is 12.0. The van der Waals surface area contributed by atoms with Crippen LogP contribution in [-0.2, 0) is 0 Å². The maximum atomic E-state index is 10.4. The summed E-state index contributed by atoms with van der Waals surface area (Å²) in [7, 11) is 3.15. The molecule has 6 nitrogen and oxygen atoms in total. The van der Waals surface area contributed by atoms with Crippen molar-refractivity contribution in [3.8, 4) is 23.0 Å². The lowest BCUT2D eigenvalue weighted by atomic mass is 10.1. The predicted molar refractivity (Wildman–Crippen MR) is 117 cm³/mol. The molecule has 30 heavy (non-hydrogen) atoms. The van der Waals surface area contributed by atoms with Gasteiger partial charge in [0.1, 0.15) is 18.0 Å². The van der Waals surface area contributed by atoms with Crippen molar-refractivity contribution in [2.45, 2.75) is 38.2 Å². The van der Waals surface area contributed by atoms with E-state index in [-0.39, 0.29) is 6.10 Å². The molecule has 2 aromatic rings. The van der Waals surface area contributed by atoms with Crippen LogP contribution in [0.1, 0.15) is 19.8 Å². The molecule has 0 spiro atoms. The van der Waals surface area contributed by atoms with Crippen LogP contribution in [0.15, 0.2) is 36.4 Å². The predicted octanol–water partition coefficient (Wildman–Crippen LogP) is 4.64. The Kier molecular flexibility index (Phi) is 7.94. The first-order chi connectivity index (χ1) is 14.4. The number of hydrogen-bond donors (Lipinski definition) is 1. The van der Waals surface area contributed by atoms with Gasteiger partial charge in [-0.15, -0.1) is 0 Å². The quantitative estimate of drug-likeness (QED) is 0.625. The second kappa shape index (κ2) is 10.4. The van der Waals surface area contributed by atoms with E-state index in [0.717, 1.165) is 12.8 Å². The van der Waals surface area contributed by atoms with Crippen LogP contribution in [0.3, 0.4) is 0 Å². The first kappa shape index (κ1) is 22.8. The Labute approximate surface area is 187 Å². The molecule has 0 saturated carbocycles. The molecule has 1 aliphatic rings. The highest BCUT2D eigenvalue weighted by Gasteiger charge is 2.31. The molecule has 0 aromatic heterocycles. The molecule has 3 rings (SSSR count). The van der Waals surface area contributed by atoms with Crippen molar-refractivity contribution in [3.05, 3.63) is 46.4 Å². The van der Waals surface area contributed by atoms with Gasteiger partial charge < -0.3 is 24.1 Å². The fourth-order valence-electron chi connectivity index (χ4n) is 3.52. The Morgan fingerprint density at radius 3 is 2.17 bits per heavy atom. The third-order valence-corrected chi connectivity index (χ3v) is 5.80. The van der Waals surface area contributed by atoms with Crippen molar-refractivity contribution >= 4 is 23.2 Å². The number of piperidine rings is 1. The van der Waals surface area contributed by atoms with Crippen molar-refractivity contribution in [2.24, 2.45) is 0 Å². The average Bonchev–Trinajstić information content (AvgIpc) is 2.75. The van der Waals surface area contributed by atoms with Gasteiger partial charge in [0.25, 0.3) is 0 Å². The third-order valence-electron chi connectivity index (χ3n) is 5.06. The van der Waals surface area contributed by atoms with E-state index in [4.69, 9.17) is 42.1 Å². The van der Waals surface area contributed by atoms with Crippen molar-refractivity contribution in [3.63, 3.8) is 0 Å². The fraction of sp³-hybridized carbons (Fsp3) is 0.455. The molecule has 1 heterocycles. The molecule has 164 valence electrons. The third kappa shape index (κ3) is 5.43. The monoisotopic (exact) mass is 455 g/mol. The summed E-state index contributed by atoms with van der Waals surface area (Å²) in [5.74, 6) is 2.28. The molecule has 1 N–H and O–H groups in total. The van der Waals surface area contributed by atoms with Gasteiger partial charge in [-0.1, -0.05) is 29.3 Å². The van der Waals surface area contributed by atoms with Gasteiger partial charge in [0.05, 0.1) is 24.3 Å². The Bertz CT molecular complexity index is 818. The van der Waals surface area contributed by atoms with Crippen molar-refractivity contribution in [2.75, 3.05) is 27.3 Å². The van der Waals surface area contributed by atoms with E-state index >= 15 is 0 Å². The molecule has 2 unspecified atom stereocenters. The Hall–Kier alpha value is -1.86. The molecule has 2 atom stereocenters. The van der Waals surface area contributed by atoms with Gasteiger partial charge in [-0.3, -0.25) is 4.90 Å². The van der Waals surface area contributed by atoms with Gasteiger partial charge in [0, 0.05) is 19.2 Å². The summed E-state index contributed by atoms with van der Waals surface area (Å²) in [6, 6.07) is 10.7. The number of ether oxygens (including phenoxy) is 4. The van der Waals surface area contributed by atoms with Gasteiger partial charge in [-0.05, 0) is 44.0 Å². The normalized spacial score (nSPS) is 17.3. The zero-order chi connectivity index (χ0) is 21.7. The number of nitrogens with zero attached hydrogens (tertiary/aromatic N) is 1. The molecular weight excluding hydrogens is 429 g/mol. The minimum atomic E-state index is -0.716. The smallest absolute Gasteiger partial charge is 0.205 e. The highest BCUT2D eigenvalue weighted by atomic mass is 35.5. The largest absolute Gasteiger partial charge is 0.493 e. The number of para-hydroxylation sites is 1. The van der Waals surface area contributed by atoms with Gasteiger partial charge in [-0.25, -0.2) is 0 Å². The van der Waals surface area contributed by atoms with E-state index in [0.29, 0.717) is 46.1 Å². The Balaban J connectivity index is 1.65. The van der Waals surface area contributed by atoms with Gasteiger partial charge in [0.2, 0.25) is 5.75 Å². The summed E-state index contributed by atoms with van der Waals surface area (Å²) in [5, 5.41) is 11.4. The zero-order valence-electron chi connectivity index (χ0n) is 17.3. The summed E-state index contributed by atoms with van der Waals surface area (Å²) in [5.41, 5.74) is 0. The molecule has 0 bridgehead atoms. The topological polar surface area (TPSA) is 60.4 Å². The van der Waals surface area contributed by atoms with Crippen LogP contribution >= 0.6 is 23.2 Å². The number of rotatable bonds is 8. The number of aliphatic hydroxyl groups is 1. The molecule has 1 aliphatic heterocycles. The van der Waals surface area contributed by atoms with Crippen LogP contribution in [0, 0.1) is 0 Å². The second-order valence-corrected chi connectivity index (χ2v) is 7.98. The second-order valence-electron chi connectivity index (χ2n) is 7.17. The molecule has 0 amide bonds. The molecule has 2 aromatic carbocycles. The van der Waals surface area contributed by atoms with Crippen LogP contribution in [0.2, 0.25) is 10.0 Å². The minimum absolute atomic E-state index is 0.0499. The van der Waals surface area contributed by atoms with Crippen molar-refractivity contribution in [1.82, 2.24) is 4.90 Å². The summed E-state index contributed by atoms with van der Waals surface area (Å²) in [6.45, 7) is 3.13. The summed E-state index contributed by atoms with van der Waals surface area (Å²) < 4.78 is 23.1. The Morgan fingerprint density at radius 2 is 1.63 bits per heavy atom. The highest BCUT2D eigenvalue weighted by molar-refractivity contribution is 6.42. The maximum Gasteiger partial charge on any atom is 0.205 e. The highest BCUT2D eigenvalue weighted by Crippen LogP contribution is 2.38. The average molecular weight is 456 g/mol. The number of benzene rings is 2. The standard InChI is InChI=1S/C22H27Cl2NO5/c1-14(26)22(30-21-19(27-2)5-4-6-20(21)28-3)25-11-9-15(10-12-25)29-16-7-8-17(23)18(24)13-16/h4-8,13-15,22,26H,9-12H2,1-3H3. The molecular formula is C22H27Cl2NO5. The van der Waals surface area contributed by atoms with Gasteiger partial charge in [-0.2, -0.15) is 0 Å². The Morgan fingerprint density at radius 1 is 1.00 bits per heavy atom. The van der Waals surface area contributed by atoms with Gasteiger partial charge >= 0.3 is 0 Å². The fourth-order valence-corrected chi connectivity index (χ4v) is 3.81. The van der Waals surface area contributed by atoms with Crippen LogP contribution in [0.4, 0.5) is 0 Å². The zero-order valence-corrected chi connectivity index (χ0v) is 18.8. The van der Waals surface area contributed by atoms with Crippen molar-refractivity contribution in [1.29, 1.82) is 0 Å². The number of aliphatic hydroxyl groups excluding tert-OH is 1. The summed E-state index contributed by atoms with van der Waals surface area (Å²) in [4.78, 5) is 2.10. The number of halogens is 2. The lowest BCUT2D eigenvalue weighted by Crippen LogP contribution is -2.51. The van der Waals surface area contributed by atoms with E-state index in [2.05, 4.69) is 4.90 Å². The maximum absolute atomic E-state index is 10.4. The van der Waals surface area contributed by atoms with Crippen molar-refractivity contribution < 1.29 is 24.1 Å². The lowest BCUT2D eigenvalue weighted by Gasteiger charge is -2.38. The molecule has 0 radical (unpaired) electrons. The number of methoxy groups -OCH3 is 2. The minimum Gasteiger partial charge on any atom is -0.493 e. The van der Waals surface area contributed by atoms with E-state index in [9.17, 15) is 5.11 Å². The van der Waals surface area contributed by atoms with Crippen LogP contribution < -0.4 is 18.9 Å². The first-order valence-electron chi connectivity index (χ1n) is 9.84. The van der Waals surface area contributed by atoms with Crippen LogP contribution in [0.5, 0.6) is 23.0 Å². The van der Waals surface area contributed by atoms with Gasteiger partial charge in [0.15, 0.2) is 17.7 Å². The molecule has 0 aliphatic carbocycles. The first-order valence-corrected chi connectivity index (χ1v) is 10.6. The van der Waals surface area contributed by atoms with E-state index in [1.54, 1.807) is 45.4 Å². The van der Waals surface area contributed by atoms with E-state index in [1.807, 2.05) is 12.1 Å². The van der Waals surface area contributed by atoms with Crippen LogP contribution in [-0.4, -0.2) is 55.8 Å². The SMILES string of the molecule is COc1cccc(OC)c1OC(C(C)O)N1CCC(Oc2ccc(Cl)c(Cl)c2)CC1. The molecule has 8 heteroatoms.